The summed E-state index contributed by atoms with van der Waals surface area (Å²) < 4.78 is 6.28. The van der Waals surface area contributed by atoms with E-state index in [9.17, 15) is 0 Å². The van der Waals surface area contributed by atoms with E-state index in [-0.39, 0.29) is 0 Å². The van der Waals surface area contributed by atoms with E-state index in [0.29, 0.717) is 6.04 Å². The van der Waals surface area contributed by atoms with Gasteiger partial charge in [-0.2, -0.15) is 0 Å². The zero-order chi connectivity index (χ0) is 11.5. The van der Waals surface area contributed by atoms with Crippen molar-refractivity contribution in [2.75, 3.05) is 24.7 Å². The highest BCUT2D eigenvalue weighted by molar-refractivity contribution is 9.10. The van der Waals surface area contributed by atoms with E-state index in [1.165, 1.54) is 0 Å². The van der Waals surface area contributed by atoms with Crippen LogP contribution in [0, 0.1) is 0 Å². The van der Waals surface area contributed by atoms with Crippen molar-refractivity contribution >= 4 is 21.7 Å². The van der Waals surface area contributed by atoms with E-state index in [1.54, 1.807) is 0 Å². The van der Waals surface area contributed by atoms with Crippen LogP contribution >= 0.6 is 15.9 Å². The maximum atomic E-state index is 5.42. The number of hydrogen-bond acceptors (Lipinski definition) is 4. The quantitative estimate of drug-likeness (QED) is 0.780. The van der Waals surface area contributed by atoms with E-state index < -0.39 is 0 Å². The molecule has 0 radical (unpaired) electrons. The van der Waals surface area contributed by atoms with Gasteiger partial charge in [-0.05, 0) is 22.9 Å². The summed E-state index contributed by atoms with van der Waals surface area (Å²) in [5.74, 6) is 1.87. The molecular weight excluding hydrogens is 270 g/mol. The number of hydrogen-bond donors (Lipinski definition) is 0. The maximum Gasteiger partial charge on any atom is 0.133 e. The van der Waals surface area contributed by atoms with Crippen molar-refractivity contribution in [2.24, 2.45) is 0 Å². The van der Waals surface area contributed by atoms with Gasteiger partial charge in [-0.25, -0.2) is 9.97 Å². The first kappa shape index (κ1) is 11.8. The molecule has 0 saturated carbocycles. The fourth-order valence-corrected chi connectivity index (χ4v) is 2.23. The number of aromatic nitrogens is 2. The minimum atomic E-state index is 0.375. The number of anilines is 1. The van der Waals surface area contributed by atoms with E-state index in [1.807, 2.05) is 6.07 Å². The van der Waals surface area contributed by atoms with Crippen LogP contribution < -0.4 is 4.90 Å². The summed E-state index contributed by atoms with van der Waals surface area (Å²) >= 11 is 3.43. The van der Waals surface area contributed by atoms with Gasteiger partial charge in [0.05, 0.1) is 19.3 Å². The first-order valence-corrected chi connectivity index (χ1v) is 6.38. The second-order valence-corrected chi connectivity index (χ2v) is 4.75. The Morgan fingerprint density at radius 3 is 3.06 bits per heavy atom. The third-order valence-electron chi connectivity index (χ3n) is 2.71. The molecule has 1 unspecified atom stereocenters. The lowest BCUT2D eigenvalue weighted by molar-refractivity contribution is 0.0985. The highest BCUT2D eigenvalue weighted by Crippen LogP contribution is 2.20. The number of aryl methyl sites for hydroxylation is 1. The summed E-state index contributed by atoms with van der Waals surface area (Å²) in [6.07, 6.45) is 0.852. The molecule has 1 aromatic rings. The van der Waals surface area contributed by atoms with Crippen molar-refractivity contribution in [3.8, 4) is 0 Å². The van der Waals surface area contributed by atoms with E-state index in [2.05, 4.69) is 44.6 Å². The van der Waals surface area contributed by atoms with Crippen LogP contribution in [-0.2, 0) is 11.2 Å². The van der Waals surface area contributed by atoms with Crippen molar-refractivity contribution in [3.05, 3.63) is 16.5 Å². The first-order chi connectivity index (χ1) is 7.70. The van der Waals surface area contributed by atoms with Crippen LogP contribution in [0.15, 0.2) is 10.7 Å². The standard InChI is InChI=1S/C11H16BrN3O/c1-3-10-13-9(12)6-11(14-10)15-4-5-16-7-8(15)2/h6,8H,3-5,7H2,1-2H3. The van der Waals surface area contributed by atoms with Gasteiger partial charge >= 0.3 is 0 Å². The molecule has 0 N–H and O–H groups in total. The molecular formula is C11H16BrN3O. The molecule has 0 amide bonds. The molecule has 1 aliphatic heterocycles. The lowest BCUT2D eigenvalue weighted by atomic mass is 10.2. The maximum absolute atomic E-state index is 5.42. The fourth-order valence-electron chi connectivity index (χ4n) is 1.82. The third kappa shape index (κ3) is 2.52. The van der Waals surface area contributed by atoms with Crippen LogP contribution in [0.4, 0.5) is 5.82 Å². The lowest BCUT2D eigenvalue weighted by Gasteiger charge is -2.34. The molecule has 1 saturated heterocycles. The molecule has 16 heavy (non-hydrogen) atoms. The second kappa shape index (κ2) is 5.10. The fraction of sp³-hybridized carbons (Fsp3) is 0.636. The van der Waals surface area contributed by atoms with Gasteiger partial charge in [0, 0.05) is 19.0 Å². The minimum absolute atomic E-state index is 0.375. The van der Waals surface area contributed by atoms with Crippen LogP contribution in [0.3, 0.4) is 0 Å². The molecule has 0 bridgehead atoms. The van der Waals surface area contributed by atoms with Crippen molar-refractivity contribution < 1.29 is 4.74 Å². The SMILES string of the molecule is CCc1nc(Br)cc(N2CCOCC2C)n1. The number of rotatable bonds is 2. The van der Waals surface area contributed by atoms with Gasteiger partial charge in [0.25, 0.3) is 0 Å². The minimum Gasteiger partial charge on any atom is -0.377 e. The zero-order valence-electron chi connectivity index (χ0n) is 9.61. The normalized spacial score (nSPS) is 21.2. The Morgan fingerprint density at radius 1 is 1.56 bits per heavy atom. The highest BCUT2D eigenvalue weighted by Gasteiger charge is 2.20. The monoisotopic (exact) mass is 285 g/mol. The van der Waals surface area contributed by atoms with Gasteiger partial charge in [-0.3, -0.25) is 0 Å². The van der Waals surface area contributed by atoms with Crippen LogP contribution in [0.2, 0.25) is 0 Å². The Labute approximate surface area is 104 Å². The van der Waals surface area contributed by atoms with Crippen LogP contribution in [0.5, 0.6) is 0 Å². The zero-order valence-corrected chi connectivity index (χ0v) is 11.2. The molecule has 2 heterocycles. The van der Waals surface area contributed by atoms with E-state index in [4.69, 9.17) is 4.74 Å². The van der Waals surface area contributed by atoms with Gasteiger partial charge in [0.15, 0.2) is 0 Å². The topological polar surface area (TPSA) is 38.2 Å². The predicted octanol–water partition coefficient (Wildman–Crippen LogP) is 2.03. The summed E-state index contributed by atoms with van der Waals surface area (Å²) in [5.41, 5.74) is 0. The van der Waals surface area contributed by atoms with Gasteiger partial charge < -0.3 is 9.64 Å². The van der Waals surface area contributed by atoms with Crippen molar-refractivity contribution in [1.82, 2.24) is 9.97 Å². The summed E-state index contributed by atoms with van der Waals surface area (Å²) in [7, 11) is 0. The van der Waals surface area contributed by atoms with Crippen molar-refractivity contribution in [1.29, 1.82) is 0 Å². The molecule has 1 aliphatic rings. The Hall–Kier alpha value is -0.680. The number of morpholine rings is 1. The van der Waals surface area contributed by atoms with E-state index >= 15 is 0 Å². The van der Waals surface area contributed by atoms with Gasteiger partial charge in [-0.1, -0.05) is 6.92 Å². The number of halogens is 1. The smallest absolute Gasteiger partial charge is 0.133 e. The Morgan fingerprint density at radius 2 is 2.38 bits per heavy atom. The lowest BCUT2D eigenvalue weighted by Crippen LogP contribution is -2.44. The summed E-state index contributed by atoms with van der Waals surface area (Å²) in [4.78, 5) is 11.1. The summed E-state index contributed by atoms with van der Waals surface area (Å²) in [6, 6.07) is 2.35. The van der Waals surface area contributed by atoms with Gasteiger partial charge in [0.2, 0.25) is 0 Å². The van der Waals surface area contributed by atoms with Crippen molar-refractivity contribution in [3.63, 3.8) is 0 Å². The van der Waals surface area contributed by atoms with E-state index in [0.717, 1.165) is 42.4 Å². The molecule has 5 heteroatoms. The van der Waals surface area contributed by atoms with Crippen LogP contribution in [0.1, 0.15) is 19.7 Å². The summed E-state index contributed by atoms with van der Waals surface area (Å²) in [5, 5.41) is 0. The molecule has 88 valence electrons. The number of ether oxygens (including phenoxy) is 1. The molecule has 0 aromatic carbocycles. The Balaban J connectivity index is 2.27. The largest absolute Gasteiger partial charge is 0.377 e. The Kier molecular flexibility index (Phi) is 3.76. The Bertz CT molecular complexity index is 372. The van der Waals surface area contributed by atoms with Crippen LogP contribution in [-0.4, -0.2) is 35.8 Å². The number of nitrogens with zero attached hydrogens (tertiary/aromatic N) is 3. The molecule has 1 fully saturated rings. The first-order valence-electron chi connectivity index (χ1n) is 5.58. The molecule has 4 nitrogen and oxygen atoms in total. The van der Waals surface area contributed by atoms with Crippen molar-refractivity contribution in [2.45, 2.75) is 26.3 Å². The molecule has 1 atom stereocenters. The van der Waals surface area contributed by atoms with Gasteiger partial charge in [-0.15, -0.1) is 0 Å². The molecule has 1 aromatic heterocycles. The summed E-state index contributed by atoms with van der Waals surface area (Å²) in [6.45, 7) is 6.65. The third-order valence-corrected chi connectivity index (χ3v) is 3.11. The predicted molar refractivity (Wildman–Crippen MR) is 66.7 cm³/mol. The molecule has 2 rings (SSSR count). The molecule has 0 spiro atoms. The molecule has 0 aliphatic carbocycles. The average Bonchev–Trinajstić information content (AvgIpc) is 2.28. The van der Waals surface area contributed by atoms with Crippen LogP contribution in [0.25, 0.3) is 0 Å². The van der Waals surface area contributed by atoms with Gasteiger partial charge in [0.1, 0.15) is 16.2 Å². The average molecular weight is 286 g/mol. The highest BCUT2D eigenvalue weighted by atomic mass is 79.9. The second-order valence-electron chi connectivity index (χ2n) is 3.94.